The molecule has 0 aromatic heterocycles. The molecule has 1 unspecified atom stereocenters. The molecule has 0 spiro atoms. The molecule has 1 N–H and O–H groups in total. The van der Waals surface area contributed by atoms with Crippen LogP contribution in [0.25, 0.3) is 0 Å². The number of carbonyl (C=O) groups is 2. The average Bonchev–Trinajstić information content (AvgIpc) is 3.25. The predicted molar refractivity (Wildman–Crippen MR) is 260 cm³/mol. The second kappa shape index (κ2) is 49.9. The van der Waals surface area contributed by atoms with Gasteiger partial charge >= 0.3 is 11.9 Å². The number of ether oxygens (including phenoxy) is 2. The first-order chi connectivity index (χ1) is 29.6. The van der Waals surface area contributed by atoms with Crippen molar-refractivity contribution < 1.29 is 24.2 Å². The first-order valence-electron chi connectivity index (χ1n) is 24.4. The molecule has 0 aliphatic carbocycles. The Hall–Kier alpha value is -3.44. The highest BCUT2D eigenvalue weighted by Crippen LogP contribution is 2.13. The van der Waals surface area contributed by atoms with E-state index in [2.05, 4.69) is 123 Å². The minimum absolute atomic E-state index is 0.0827. The van der Waals surface area contributed by atoms with Crippen LogP contribution in [0.1, 0.15) is 206 Å². The van der Waals surface area contributed by atoms with Crippen LogP contribution in [0.3, 0.4) is 0 Å². The molecule has 0 aromatic rings. The van der Waals surface area contributed by atoms with Crippen LogP contribution >= 0.6 is 0 Å². The van der Waals surface area contributed by atoms with Gasteiger partial charge in [-0.2, -0.15) is 0 Å². The highest BCUT2D eigenvalue weighted by Gasteiger charge is 2.16. The van der Waals surface area contributed by atoms with Gasteiger partial charge in [0.25, 0.3) is 0 Å². The largest absolute Gasteiger partial charge is 0.462 e. The lowest BCUT2D eigenvalue weighted by Gasteiger charge is -2.15. The van der Waals surface area contributed by atoms with E-state index in [9.17, 15) is 14.7 Å². The number of hydrogen-bond donors (Lipinski definition) is 1. The quantitative estimate of drug-likeness (QED) is 0.0376. The molecular weight excluding hydrogens is 741 g/mol. The van der Waals surface area contributed by atoms with Gasteiger partial charge in [0, 0.05) is 12.8 Å². The molecule has 0 rings (SSSR count). The zero-order valence-electron chi connectivity index (χ0n) is 38.7. The van der Waals surface area contributed by atoms with Crippen molar-refractivity contribution >= 4 is 11.9 Å². The third-order valence-electron chi connectivity index (χ3n) is 10.1. The van der Waals surface area contributed by atoms with Gasteiger partial charge in [0.1, 0.15) is 6.61 Å². The number of hydrogen-bond acceptors (Lipinski definition) is 5. The number of allylic oxidation sites excluding steroid dienone is 18. The molecule has 0 saturated heterocycles. The van der Waals surface area contributed by atoms with Crippen molar-refractivity contribution in [2.75, 3.05) is 13.2 Å². The van der Waals surface area contributed by atoms with Crippen LogP contribution in [0.2, 0.25) is 0 Å². The first-order valence-corrected chi connectivity index (χ1v) is 24.4. The molecule has 340 valence electrons. The van der Waals surface area contributed by atoms with Crippen LogP contribution in [-0.2, 0) is 19.1 Å². The molecule has 0 aliphatic rings. The minimum Gasteiger partial charge on any atom is -0.462 e. The maximum absolute atomic E-state index is 12.3. The summed E-state index contributed by atoms with van der Waals surface area (Å²) >= 11 is 0. The Morgan fingerprint density at radius 1 is 0.400 bits per heavy atom. The van der Waals surface area contributed by atoms with Crippen LogP contribution in [0.15, 0.2) is 109 Å². The van der Waals surface area contributed by atoms with Crippen LogP contribution in [0, 0.1) is 0 Å². The topological polar surface area (TPSA) is 72.8 Å². The second-order valence-corrected chi connectivity index (χ2v) is 15.8. The molecule has 0 saturated carbocycles. The summed E-state index contributed by atoms with van der Waals surface area (Å²) in [5.41, 5.74) is 0. The Labute approximate surface area is 370 Å². The standard InChI is InChI=1S/C55H90O5/c1-3-5-7-9-11-13-15-17-19-21-23-24-25-26-27-28-29-30-32-34-36-38-40-42-44-46-48-50-55(58)60-53(51-56)52-59-54(57)49-47-45-43-41-39-37-35-33-31-22-20-18-16-14-12-10-8-6-4-2/h5,7,11-14,17-20,23-24,26-27,29-30,34,36,53,56H,3-4,6,8-10,15-16,21-22,25,28,31-33,35,37-52H2,1-2H3/b7-5-,13-11-,14-12-,19-17-,20-18-,24-23-,27-26-,30-29-,36-34-. The lowest BCUT2D eigenvalue weighted by Crippen LogP contribution is -2.28. The van der Waals surface area contributed by atoms with Gasteiger partial charge in [0.05, 0.1) is 6.61 Å². The van der Waals surface area contributed by atoms with Crippen molar-refractivity contribution in [3.05, 3.63) is 109 Å². The molecule has 60 heavy (non-hydrogen) atoms. The van der Waals surface area contributed by atoms with Crippen molar-refractivity contribution in [3.63, 3.8) is 0 Å². The van der Waals surface area contributed by atoms with Gasteiger partial charge in [-0.1, -0.05) is 200 Å². The van der Waals surface area contributed by atoms with Gasteiger partial charge in [0.15, 0.2) is 6.10 Å². The fourth-order valence-electron chi connectivity index (χ4n) is 6.39. The maximum Gasteiger partial charge on any atom is 0.306 e. The molecule has 0 aliphatic heterocycles. The van der Waals surface area contributed by atoms with Crippen LogP contribution in [0.5, 0.6) is 0 Å². The Bertz CT molecular complexity index is 1210. The van der Waals surface area contributed by atoms with Gasteiger partial charge < -0.3 is 14.6 Å². The number of rotatable bonds is 43. The highest BCUT2D eigenvalue weighted by molar-refractivity contribution is 5.70. The summed E-state index contributed by atoms with van der Waals surface area (Å²) in [6.07, 6.45) is 71.6. The molecule has 0 radical (unpaired) electrons. The fraction of sp³-hybridized carbons (Fsp3) is 0.636. The summed E-state index contributed by atoms with van der Waals surface area (Å²) in [4.78, 5) is 24.4. The SMILES string of the molecule is CC/C=C\C/C=C\C/C=C\C/C=C\C/C=C\C/C=C\C/C=C\CCCCCCCC(=O)OC(CO)COC(=O)CCCCCCCCCCC/C=C\C/C=C\CCCCC. The lowest BCUT2D eigenvalue weighted by molar-refractivity contribution is -0.161. The summed E-state index contributed by atoms with van der Waals surface area (Å²) in [5.74, 6) is -0.624. The van der Waals surface area contributed by atoms with Crippen molar-refractivity contribution in [1.29, 1.82) is 0 Å². The Kier molecular flexibility index (Phi) is 47.1. The predicted octanol–water partition coefficient (Wildman–Crippen LogP) is 16.2. The molecule has 5 heteroatoms. The number of unbranched alkanes of at least 4 members (excludes halogenated alkanes) is 17. The van der Waals surface area contributed by atoms with Crippen molar-refractivity contribution in [3.8, 4) is 0 Å². The zero-order valence-corrected chi connectivity index (χ0v) is 38.7. The monoisotopic (exact) mass is 831 g/mol. The van der Waals surface area contributed by atoms with E-state index >= 15 is 0 Å². The van der Waals surface area contributed by atoms with Gasteiger partial charge in [-0.15, -0.1) is 0 Å². The van der Waals surface area contributed by atoms with E-state index in [0.29, 0.717) is 12.8 Å². The second-order valence-electron chi connectivity index (χ2n) is 15.8. The van der Waals surface area contributed by atoms with Gasteiger partial charge in [-0.3, -0.25) is 9.59 Å². The molecule has 1 atom stereocenters. The van der Waals surface area contributed by atoms with Crippen LogP contribution in [-0.4, -0.2) is 36.4 Å². The van der Waals surface area contributed by atoms with Crippen molar-refractivity contribution in [1.82, 2.24) is 0 Å². The molecule has 0 heterocycles. The van der Waals surface area contributed by atoms with Gasteiger partial charge in [-0.05, 0) is 103 Å². The summed E-state index contributed by atoms with van der Waals surface area (Å²) in [7, 11) is 0. The summed E-state index contributed by atoms with van der Waals surface area (Å²) < 4.78 is 10.7. The highest BCUT2D eigenvalue weighted by atomic mass is 16.6. The Balaban J connectivity index is 3.63. The van der Waals surface area contributed by atoms with Gasteiger partial charge in [-0.25, -0.2) is 0 Å². The molecule has 0 bridgehead atoms. The van der Waals surface area contributed by atoms with E-state index < -0.39 is 6.10 Å². The minimum atomic E-state index is -0.792. The van der Waals surface area contributed by atoms with Gasteiger partial charge in [0.2, 0.25) is 0 Å². The molecule has 5 nitrogen and oxygen atoms in total. The zero-order chi connectivity index (χ0) is 43.5. The van der Waals surface area contributed by atoms with Crippen LogP contribution in [0.4, 0.5) is 0 Å². The van der Waals surface area contributed by atoms with E-state index in [4.69, 9.17) is 9.47 Å². The van der Waals surface area contributed by atoms with E-state index in [1.54, 1.807) is 0 Å². The first kappa shape index (κ1) is 56.6. The summed E-state index contributed by atoms with van der Waals surface area (Å²) in [5, 5.41) is 9.62. The maximum atomic E-state index is 12.3. The summed E-state index contributed by atoms with van der Waals surface area (Å²) in [6.45, 7) is 3.98. The third-order valence-corrected chi connectivity index (χ3v) is 10.1. The lowest BCUT2D eigenvalue weighted by atomic mass is 10.1. The van der Waals surface area contributed by atoms with Crippen molar-refractivity contribution in [2.45, 2.75) is 213 Å². The number of carbonyl (C=O) groups excluding carboxylic acids is 2. The van der Waals surface area contributed by atoms with E-state index in [-0.39, 0.29) is 25.2 Å². The molecule has 0 fully saturated rings. The molecular formula is C55H90O5. The van der Waals surface area contributed by atoms with Crippen LogP contribution < -0.4 is 0 Å². The Morgan fingerprint density at radius 3 is 1.08 bits per heavy atom. The average molecular weight is 831 g/mol. The molecule has 0 amide bonds. The van der Waals surface area contributed by atoms with E-state index in [0.717, 1.165) is 109 Å². The number of esters is 2. The summed E-state index contributed by atoms with van der Waals surface area (Å²) in [6, 6.07) is 0. The Morgan fingerprint density at radius 2 is 0.717 bits per heavy atom. The number of aliphatic hydroxyl groups is 1. The van der Waals surface area contributed by atoms with Crippen molar-refractivity contribution in [2.24, 2.45) is 0 Å². The number of aliphatic hydroxyl groups excluding tert-OH is 1. The molecule has 0 aromatic carbocycles. The smallest absolute Gasteiger partial charge is 0.306 e. The van der Waals surface area contributed by atoms with E-state index in [1.165, 1.54) is 70.6 Å². The van der Waals surface area contributed by atoms with E-state index in [1.807, 2.05) is 0 Å². The third kappa shape index (κ3) is 47.2. The fourth-order valence-corrected chi connectivity index (χ4v) is 6.39. The normalized spacial score (nSPS) is 13.2.